The van der Waals surface area contributed by atoms with Gasteiger partial charge in [-0.05, 0) is 48.2 Å². The van der Waals surface area contributed by atoms with Crippen LogP contribution < -0.4 is 5.73 Å². The Morgan fingerprint density at radius 1 is 1.06 bits per heavy atom. The van der Waals surface area contributed by atoms with E-state index in [1.807, 2.05) is 25.1 Å². The highest BCUT2D eigenvalue weighted by molar-refractivity contribution is 5.50. The third-order valence-electron chi connectivity index (χ3n) is 2.63. The van der Waals surface area contributed by atoms with E-state index in [1.54, 1.807) is 12.1 Å². The number of hydrogen-bond donors (Lipinski definition) is 2. The van der Waals surface area contributed by atoms with Gasteiger partial charge in [0.05, 0.1) is 0 Å². The number of nitrogens with two attached hydrogens (primary N) is 1. The lowest BCUT2D eigenvalue weighted by Gasteiger charge is -2.06. The quantitative estimate of drug-likeness (QED) is 0.753. The van der Waals surface area contributed by atoms with E-state index in [4.69, 9.17) is 5.73 Å². The average Bonchev–Trinajstić information content (AvgIpc) is 2.25. The van der Waals surface area contributed by atoms with Gasteiger partial charge in [-0.2, -0.15) is 0 Å². The van der Waals surface area contributed by atoms with Crippen molar-refractivity contribution in [2.24, 2.45) is 0 Å². The molecule has 0 saturated carbocycles. The van der Waals surface area contributed by atoms with E-state index < -0.39 is 0 Å². The van der Waals surface area contributed by atoms with E-state index in [2.05, 4.69) is 12.1 Å². The van der Waals surface area contributed by atoms with Crippen molar-refractivity contribution in [3.05, 3.63) is 59.2 Å². The Kier molecular flexibility index (Phi) is 2.82. The van der Waals surface area contributed by atoms with Gasteiger partial charge in [0.2, 0.25) is 0 Å². The van der Waals surface area contributed by atoms with Crippen LogP contribution in [-0.4, -0.2) is 5.11 Å². The second-order valence-corrected chi connectivity index (χ2v) is 4.05. The Balaban J connectivity index is 2.23. The van der Waals surface area contributed by atoms with Crippen LogP contribution in [0, 0.1) is 6.92 Å². The van der Waals surface area contributed by atoms with Crippen LogP contribution in [0.25, 0.3) is 0 Å². The summed E-state index contributed by atoms with van der Waals surface area (Å²) in [6, 6.07) is 13.3. The minimum absolute atomic E-state index is 0.292. The molecule has 2 rings (SSSR count). The summed E-state index contributed by atoms with van der Waals surface area (Å²) < 4.78 is 0. The second-order valence-electron chi connectivity index (χ2n) is 4.05. The van der Waals surface area contributed by atoms with Crippen LogP contribution in [-0.2, 0) is 6.42 Å². The summed E-state index contributed by atoms with van der Waals surface area (Å²) in [5.41, 5.74) is 10.2. The maximum Gasteiger partial charge on any atom is 0.115 e. The highest BCUT2D eigenvalue weighted by Gasteiger charge is 2.01. The van der Waals surface area contributed by atoms with Crippen LogP contribution in [0.4, 0.5) is 5.69 Å². The van der Waals surface area contributed by atoms with E-state index in [1.165, 1.54) is 5.56 Å². The lowest BCUT2D eigenvalue weighted by Crippen LogP contribution is -1.96. The number of rotatable bonds is 2. The topological polar surface area (TPSA) is 46.2 Å². The summed E-state index contributed by atoms with van der Waals surface area (Å²) in [5, 5.41) is 9.19. The zero-order chi connectivity index (χ0) is 11.5. The van der Waals surface area contributed by atoms with Gasteiger partial charge in [0.15, 0.2) is 0 Å². The van der Waals surface area contributed by atoms with Crippen LogP contribution >= 0.6 is 0 Å². The number of aromatic hydroxyl groups is 1. The number of nitrogen functional groups attached to an aromatic ring is 1. The molecule has 2 heteroatoms. The van der Waals surface area contributed by atoms with Crippen molar-refractivity contribution >= 4 is 5.69 Å². The molecular weight excluding hydrogens is 198 g/mol. The van der Waals surface area contributed by atoms with Gasteiger partial charge < -0.3 is 10.8 Å². The van der Waals surface area contributed by atoms with E-state index in [0.717, 1.165) is 23.2 Å². The lowest BCUT2D eigenvalue weighted by atomic mass is 10.0. The van der Waals surface area contributed by atoms with E-state index in [9.17, 15) is 5.11 Å². The van der Waals surface area contributed by atoms with Crippen molar-refractivity contribution in [1.82, 2.24) is 0 Å². The van der Waals surface area contributed by atoms with Gasteiger partial charge in [-0.15, -0.1) is 0 Å². The summed E-state index contributed by atoms with van der Waals surface area (Å²) in [7, 11) is 0. The molecule has 0 fully saturated rings. The van der Waals surface area contributed by atoms with Crippen molar-refractivity contribution in [2.45, 2.75) is 13.3 Å². The smallest absolute Gasteiger partial charge is 0.115 e. The monoisotopic (exact) mass is 213 g/mol. The first-order valence-corrected chi connectivity index (χ1v) is 5.28. The molecule has 0 aliphatic rings. The Morgan fingerprint density at radius 3 is 2.38 bits per heavy atom. The lowest BCUT2D eigenvalue weighted by molar-refractivity contribution is 0.475. The molecule has 2 aromatic carbocycles. The molecule has 0 amide bonds. The number of phenolic OH excluding ortho intramolecular Hbond substituents is 1. The number of anilines is 1. The minimum atomic E-state index is 0.292. The fourth-order valence-corrected chi connectivity index (χ4v) is 1.71. The van der Waals surface area contributed by atoms with Crippen molar-refractivity contribution < 1.29 is 5.11 Å². The summed E-state index contributed by atoms with van der Waals surface area (Å²) >= 11 is 0. The van der Waals surface area contributed by atoms with Gasteiger partial charge in [0, 0.05) is 5.69 Å². The maximum absolute atomic E-state index is 9.19. The first kappa shape index (κ1) is 10.6. The van der Waals surface area contributed by atoms with Gasteiger partial charge in [-0.25, -0.2) is 0 Å². The second kappa shape index (κ2) is 4.27. The molecule has 0 unspecified atom stereocenters. The van der Waals surface area contributed by atoms with Crippen LogP contribution in [0.3, 0.4) is 0 Å². The molecule has 16 heavy (non-hydrogen) atoms. The molecule has 2 aromatic rings. The Bertz CT molecular complexity index is 489. The fourth-order valence-electron chi connectivity index (χ4n) is 1.71. The molecule has 0 spiro atoms. The van der Waals surface area contributed by atoms with E-state index in [0.29, 0.717) is 5.75 Å². The summed E-state index contributed by atoms with van der Waals surface area (Å²) in [4.78, 5) is 0. The first-order valence-electron chi connectivity index (χ1n) is 5.28. The first-order chi connectivity index (χ1) is 7.65. The molecule has 0 heterocycles. The van der Waals surface area contributed by atoms with Crippen molar-refractivity contribution in [3.63, 3.8) is 0 Å². The van der Waals surface area contributed by atoms with Gasteiger partial charge in [0.1, 0.15) is 5.75 Å². The Labute approximate surface area is 95.4 Å². The predicted octanol–water partition coefficient (Wildman–Crippen LogP) is 2.87. The Hall–Kier alpha value is -1.96. The van der Waals surface area contributed by atoms with E-state index >= 15 is 0 Å². The number of hydrogen-bond acceptors (Lipinski definition) is 2. The van der Waals surface area contributed by atoms with Crippen molar-refractivity contribution in [3.8, 4) is 5.75 Å². The summed E-state index contributed by atoms with van der Waals surface area (Å²) in [6.45, 7) is 2.03. The zero-order valence-electron chi connectivity index (χ0n) is 9.27. The fraction of sp³-hybridized carbons (Fsp3) is 0.143. The standard InChI is InChI=1S/C14H15NO/c1-10-2-5-12(14(15)8-10)9-11-3-6-13(16)7-4-11/h2-8,16H,9,15H2,1H3. The van der Waals surface area contributed by atoms with Gasteiger partial charge in [-0.3, -0.25) is 0 Å². The third kappa shape index (κ3) is 2.34. The van der Waals surface area contributed by atoms with Crippen molar-refractivity contribution in [2.75, 3.05) is 5.73 Å². The number of phenols is 1. The van der Waals surface area contributed by atoms with Crippen LogP contribution in [0.15, 0.2) is 42.5 Å². The van der Waals surface area contributed by atoms with Crippen LogP contribution in [0.1, 0.15) is 16.7 Å². The van der Waals surface area contributed by atoms with Crippen molar-refractivity contribution in [1.29, 1.82) is 0 Å². The molecule has 0 saturated heterocycles. The van der Waals surface area contributed by atoms with Gasteiger partial charge in [0.25, 0.3) is 0 Å². The zero-order valence-corrected chi connectivity index (χ0v) is 9.27. The van der Waals surface area contributed by atoms with E-state index in [-0.39, 0.29) is 0 Å². The normalized spacial score (nSPS) is 10.3. The Morgan fingerprint density at radius 2 is 1.75 bits per heavy atom. The molecule has 0 bridgehead atoms. The largest absolute Gasteiger partial charge is 0.508 e. The summed E-state index contributed by atoms with van der Waals surface area (Å²) in [5.74, 6) is 0.292. The SMILES string of the molecule is Cc1ccc(Cc2ccc(O)cc2)c(N)c1. The van der Waals surface area contributed by atoms with Gasteiger partial charge >= 0.3 is 0 Å². The molecule has 0 atom stereocenters. The molecule has 0 aliphatic heterocycles. The van der Waals surface area contributed by atoms with Crippen LogP contribution in [0.2, 0.25) is 0 Å². The molecule has 0 aromatic heterocycles. The third-order valence-corrected chi connectivity index (χ3v) is 2.63. The molecule has 82 valence electrons. The molecule has 3 N–H and O–H groups in total. The summed E-state index contributed by atoms with van der Waals surface area (Å²) in [6.07, 6.45) is 0.798. The number of benzene rings is 2. The molecule has 2 nitrogen and oxygen atoms in total. The highest BCUT2D eigenvalue weighted by Crippen LogP contribution is 2.19. The van der Waals surface area contributed by atoms with Crippen LogP contribution in [0.5, 0.6) is 5.75 Å². The van der Waals surface area contributed by atoms with Gasteiger partial charge in [-0.1, -0.05) is 24.3 Å². The predicted molar refractivity (Wildman–Crippen MR) is 66.5 cm³/mol. The average molecular weight is 213 g/mol. The number of aryl methyl sites for hydroxylation is 1. The highest BCUT2D eigenvalue weighted by atomic mass is 16.3. The maximum atomic E-state index is 9.19. The molecule has 0 aliphatic carbocycles. The molecular formula is C14H15NO. The minimum Gasteiger partial charge on any atom is -0.508 e. The molecule has 0 radical (unpaired) electrons.